The Labute approximate surface area is 191 Å². The lowest BCUT2D eigenvalue weighted by molar-refractivity contribution is -0.140. The lowest BCUT2D eigenvalue weighted by atomic mass is 10.0. The standard InChI is InChI=1S/C25H39NO2S2/c1-2-3-4-5-6-7-8-9-10-11-12-13-14-17-20-28-24(27)21-29-25-26-22-18-15-16-19-23(22)30-25/h15-16,18-19H,2-14,17,20-21H2,1H3. The average Bonchev–Trinajstić information content (AvgIpc) is 3.18. The molecule has 0 bridgehead atoms. The number of unbranched alkanes of at least 4 members (excludes halogenated alkanes) is 13. The predicted molar refractivity (Wildman–Crippen MR) is 132 cm³/mol. The lowest BCUT2D eigenvalue weighted by Gasteiger charge is -2.05. The zero-order valence-electron chi connectivity index (χ0n) is 18.7. The molecule has 0 saturated heterocycles. The van der Waals surface area contributed by atoms with Crippen LogP contribution in [0.5, 0.6) is 0 Å². The van der Waals surface area contributed by atoms with Gasteiger partial charge in [0.15, 0.2) is 4.34 Å². The number of hydrogen-bond donors (Lipinski definition) is 0. The average molecular weight is 450 g/mol. The first-order valence-electron chi connectivity index (χ1n) is 11.9. The first kappa shape index (κ1) is 25.2. The van der Waals surface area contributed by atoms with Crippen molar-refractivity contribution in [1.82, 2.24) is 4.98 Å². The highest BCUT2D eigenvalue weighted by molar-refractivity contribution is 8.01. The maximum absolute atomic E-state index is 11.9. The van der Waals surface area contributed by atoms with Crippen LogP contribution in [0.15, 0.2) is 28.6 Å². The molecule has 0 aliphatic carbocycles. The number of carbonyl (C=O) groups is 1. The molecule has 168 valence electrons. The lowest BCUT2D eigenvalue weighted by Crippen LogP contribution is -2.08. The molecular formula is C25H39NO2S2. The zero-order chi connectivity index (χ0) is 21.3. The molecule has 3 nitrogen and oxygen atoms in total. The minimum atomic E-state index is -0.131. The first-order valence-corrected chi connectivity index (χ1v) is 13.7. The van der Waals surface area contributed by atoms with Crippen molar-refractivity contribution < 1.29 is 9.53 Å². The number of thiazole rings is 1. The summed E-state index contributed by atoms with van der Waals surface area (Å²) in [5.74, 6) is 0.215. The van der Waals surface area contributed by atoms with E-state index in [1.54, 1.807) is 11.3 Å². The fourth-order valence-electron chi connectivity index (χ4n) is 3.56. The highest BCUT2D eigenvalue weighted by atomic mass is 32.2. The number of hydrogen-bond acceptors (Lipinski definition) is 5. The summed E-state index contributed by atoms with van der Waals surface area (Å²) in [6.45, 7) is 2.83. The molecule has 5 heteroatoms. The molecule has 0 fully saturated rings. The molecule has 1 aromatic heterocycles. The molecule has 0 spiro atoms. The molecule has 0 amide bonds. The highest BCUT2D eigenvalue weighted by Crippen LogP contribution is 2.29. The number of para-hydroxylation sites is 1. The number of fused-ring (bicyclic) bond motifs is 1. The Hall–Kier alpha value is -1.07. The minimum Gasteiger partial charge on any atom is -0.465 e. The van der Waals surface area contributed by atoms with E-state index in [9.17, 15) is 4.79 Å². The van der Waals surface area contributed by atoms with Crippen LogP contribution >= 0.6 is 23.1 Å². The zero-order valence-corrected chi connectivity index (χ0v) is 20.3. The first-order chi connectivity index (χ1) is 14.8. The summed E-state index contributed by atoms with van der Waals surface area (Å²) in [7, 11) is 0. The van der Waals surface area contributed by atoms with Crippen LogP contribution in [0.3, 0.4) is 0 Å². The van der Waals surface area contributed by atoms with Crippen LogP contribution in [0.1, 0.15) is 96.8 Å². The third kappa shape index (κ3) is 11.4. The van der Waals surface area contributed by atoms with Crippen LogP contribution in [0.2, 0.25) is 0 Å². The van der Waals surface area contributed by atoms with E-state index in [0.717, 1.165) is 27.4 Å². The predicted octanol–water partition coefficient (Wildman–Crippen LogP) is 8.41. The number of benzene rings is 1. The van der Waals surface area contributed by atoms with Crippen molar-refractivity contribution in [2.75, 3.05) is 12.4 Å². The third-order valence-electron chi connectivity index (χ3n) is 5.35. The van der Waals surface area contributed by atoms with Crippen molar-refractivity contribution in [3.63, 3.8) is 0 Å². The van der Waals surface area contributed by atoms with Crippen LogP contribution in [0, 0.1) is 0 Å². The molecule has 0 saturated carbocycles. The van der Waals surface area contributed by atoms with Gasteiger partial charge in [0.1, 0.15) is 0 Å². The van der Waals surface area contributed by atoms with E-state index < -0.39 is 0 Å². The van der Waals surface area contributed by atoms with Crippen molar-refractivity contribution >= 4 is 39.3 Å². The summed E-state index contributed by atoms with van der Waals surface area (Å²) < 4.78 is 7.46. The van der Waals surface area contributed by atoms with E-state index in [-0.39, 0.29) is 5.97 Å². The van der Waals surface area contributed by atoms with E-state index >= 15 is 0 Å². The Morgan fingerprint density at radius 3 is 2.03 bits per heavy atom. The fraction of sp³-hybridized carbons (Fsp3) is 0.680. The smallest absolute Gasteiger partial charge is 0.316 e. The number of aromatic nitrogens is 1. The molecule has 1 heterocycles. The maximum atomic E-state index is 11.9. The largest absolute Gasteiger partial charge is 0.465 e. The normalized spacial score (nSPS) is 11.2. The van der Waals surface area contributed by atoms with Gasteiger partial charge in [0.05, 0.1) is 22.6 Å². The van der Waals surface area contributed by atoms with Crippen LogP contribution < -0.4 is 0 Å². The van der Waals surface area contributed by atoms with Gasteiger partial charge >= 0.3 is 5.97 Å². The Morgan fingerprint density at radius 2 is 1.43 bits per heavy atom. The van der Waals surface area contributed by atoms with Crippen LogP contribution in [0.25, 0.3) is 10.2 Å². The second-order valence-corrected chi connectivity index (χ2v) is 10.3. The van der Waals surface area contributed by atoms with Crippen LogP contribution in [-0.2, 0) is 9.53 Å². The van der Waals surface area contributed by atoms with E-state index in [0.29, 0.717) is 12.4 Å². The number of esters is 1. The van der Waals surface area contributed by atoms with Gasteiger partial charge in [0.2, 0.25) is 0 Å². The molecule has 1 aromatic carbocycles. The van der Waals surface area contributed by atoms with E-state index in [1.165, 1.54) is 88.8 Å². The third-order valence-corrected chi connectivity index (χ3v) is 7.50. The monoisotopic (exact) mass is 449 g/mol. The molecule has 0 N–H and O–H groups in total. The van der Waals surface area contributed by atoms with Gasteiger partial charge in [-0.25, -0.2) is 4.98 Å². The van der Waals surface area contributed by atoms with Crippen LogP contribution in [0.4, 0.5) is 0 Å². The number of nitrogens with zero attached hydrogens (tertiary/aromatic N) is 1. The summed E-state index contributed by atoms with van der Waals surface area (Å²) >= 11 is 3.11. The number of ether oxygens (including phenoxy) is 1. The van der Waals surface area contributed by atoms with Crippen molar-refractivity contribution in [3.05, 3.63) is 24.3 Å². The summed E-state index contributed by atoms with van der Waals surface area (Å²) in [4.78, 5) is 16.4. The van der Waals surface area contributed by atoms with Gasteiger partial charge in [-0.05, 0) is 18.6 Å². The Morgan fingerprint density at radius 1 is 0.867 bits per heavy atom. The topological polar surface area (TPSA) is 39.2 Å². The number of thioether (sulfide) groups is 1. The van der Waals surface area contributed by atoms with Gasteiger partial charge in [-0.1, -0.05) is 114 Å². The second-order valence-electron chi connectivity index (χ2n) is 8.05. The molecule has 2 aromatic rings. The summed E-state index contributed by atoms with van der Waals surface area (Å²) in [6, 6.07) is 8.07. The summed E-state index contributed by atoms with van der Waals surface area (Å²) in [6.07, 6.45) is 18.7. The van der Waals surface area contributed by atoms with Crippen molar-refractivity contribution in [2.24, 2.45) is 0 Å². The van der Waals surface area contributed by atoms with Gasteiger partial charge < -0.3 is 4.74 Å². The number of rotatable bonds is 18. The Balaban J connectivity index is 1.34. The fourth-order valence-corrected chi connectivity index (χ4v) is 5.42. The highest BCUT2D eigenvalue weighted by Gasteiger charge is 2.08. The van der Waals surface area contributed by atoms with Gasteiger partial charge in [-0.15, -0.1) is 11.3 Å². The summed E-state index contributed by atoms with van der Waals surface area (Å²) in [5, 5.41) is 0. The van der Waals surface area contributed by atoms with Gasteiger partial charge in [-0.2, -0.15) is 0 Å². The molecule has 30 heavy (non-hydrogen) atoms. The van der Waals surface area contributed by atoms with Gasteiger partial charge in [-0.3, -0.25) is 4.79 Å². The molecule has 0 unspecified atom stereocenters. The minimum absolute atomic E-state index is 0.131. The van der Waals surface area contributed by atoms with E-state index in [2.05, 4.69) is 18.0 Å². The van der Waals surface area contributed by atoms with E-state index in [1.807, 2.05) is 18.2 Å². The molecular weight excluding hydrogens is 410 g/mol. The van der Waals surface area contributed by atoms with Gasteiger partial charge in [0.25, 0.3) is 0 Å². The van der Waals surface area contributed by atoms with Crippen molar-refractivity contribution in [3.8, 4) is 0 Å². The molecule has 2 rings (SSSR count). The van der Waals surface area contributed by atoms with Crippen LogP contribution in [-0.4, -0.2) is 23.3 Å². The Kier molecular flexibility index (Phi) is 13.9. The quantitative estimate of drug-likeness (QED) is 0.130. The Bertz CT molecular complexity index is 668. The molecule has 0 atom stereocenters. The molecule has 0 radical (unpaired) electrons. The molecule has 0 aliphatic heterocycles. The summed E-state index contributed by atoms with van der Waals surface area (Å²) in [5.41, 5.74) is 1.00. The molecule has 0 aliphatic rings. The van der Waals surface area contributed by atoms with Crippen molar-refractivity contribution in [2.45, 2.75) is 101 Å². The van der Waals surface area contributed by atoms with Crippen molar-refractivity contribution in [1.29, 1.82) is 0 Å². The number of carbonyl (C=O) groups excluding carboxylic acids is 1. The van der Waals surface area contributed by atoms with Gasteiger partial charge in [0, 0.05) is 0 Å². The van der Waals surface area contributed by atoms with E-state index in [4.69, 9.17) is 4.74 Å². The maximum Gasteiger partial charge on any atom is 0.316 e. The second kappa shape index (κ2) is 16.6. The SMILES string of the molecule is CCCCCCCCCCCCCCCCOC(=O)CSc1nc2ccccc2s1.